The van der Waals surface area contributed by atoms with Crippen LogP contribution in [0.25, 0.3) is 28.0 Å². The van der Waals surface area contributed by atoms with Gasteiger partial charge in [-0.1, -0.05) is 0 Å². The highest BCUT2D eigenvalue weighted by Crippen LogP contribution is 2.54. The molecule has 3 aliphatic rings. The minimum Gasteiger partial charge on any atom is -0.382 e. The fourth-order valence-electron chi connectivity index (χ4n) is 5.56. The first-order valence-electron chi connectivity index (χ1n) is 13.3. The monoisotopic (exact) mass is 719 g/mol. The Morgan fingerprint density at radius 2 is 1.28 bits per heavy atom. The Kier molecular flexibility index (Phi) is 7.40. The molecule has 46 heavy (non-hydrogen) atoms. The summed E-state index contributed by atoms with van der Waals surface area (Å²) in [6.07, 6.45) is -6.16. The van der Waals surface area contributed by atoms with E-state index >= 15 is 8.78 Å². The maximum absolute atomic E-state index is 16.1. The van der Waals surface area contributed by atoms with Crippen LogP contribution in [-0.4, -0.2) is 108 Å². The number of aromatic nitrogens is 10. The van der Waals surface area contributed by atoms with Crippen LogP contribution in [0, 0.1) is 0 Å². The smallest absolute Gasteiger partial charge is 0.325 e. The summed E-state index contributed by atoms with van der Waals surface area (Å²) in [7, 11) is 0. The summed E-state index contributed by atoms with van der Waals surface area (Å²) in [5.41, 5.74) is 7.13. The van der Waals surface area contributed by atoms with E-state index in [-0.39, 0.29) is 22.6 Å². The van der Waals surface area contributed by atoms with Crippen molar-refractivity contribution in [1.29, 1.82) is 0 Å². The van der Waals surface area contributed by atoms with Crippen molar-refractivity contribution in [3.05, 3.63) is 31.6 Å². The molecule has 0 amide bonds. The van der Waals surface area contributed by atoms with Crippen molar-refractivity contribution in [2.75, 3.05) is 18.9 Å². The van der Waals surface area contributed by atoms with E-state index in [1.165, 1.54) is 45.3 Å². The average Bonchev–Trinajstić information content (AvgIpc) is 3.83. The Balaban J connectivity index is 1.08. The molecule has 25 heteroatoms. The molecule has 0 radical (unpaired) electrons. The van der Waals surface area contributed by atoms with Gasteiger partial charge in [-0.2, -0.15) is 5.10 Å². The molecule has 19 nitrogen and oxygen atoms in total. The number of hydrogen-bond acceptors (Lipinski definition) is 16. The summed E-state index contributed by atoms with van der Waals surface area (Å²) in [5, 5.41) is 4.00. The molecule has 2 unspecified atom stereocenters. The van der Waals surface area contributed by atoms with Crippen LogP contribution in [0.5, 0.6) is 0 Å². The van der Waals surface area contributed by atoms with Crippen molar-refractivity contribution in [3.63, 3.8) is 0 Å². The van der Waals surface area contributed by atoms with Gasteiger partial charge >= 0.3 is 13.4 Å². The Labute approximate surface area is 265 Å². The third-order valence-electron chi connectivity index (χ3n) is 7.62. The van der Waals surface area contributed by atoms with Gasteiger partial charge in [0.15, 0.2) is 53.1 Å². The number of ether oxygens (including phenoxy) is 2. The van der Waals surface area contributed by atoms with Crippen LogP contribution in [-0.2, 0) is 51.2 Å². The third-order valence-corrected chi connectivity index (χ3v) is 10.7. The van der Waals surface area contributed by atoms with Crippen LogP contribution < -0.4 is 5.73 Å². The zero-order chi connectivity index (χ0) is 32.0. The summed E-state index contributed by atoms with van der Waals surface area (Å²) in [6.45, 7) is -9.69. The quantitative estimate of drug-likeness (QED) is 0.213. The van der Waals surface area contributed by atoms with Crippen LogP contribution in [0.3, 0.4) is 0 Å². The highest BCUT2D eigenvalue weighted by atomic mass is 32.5. The largest absolute Gasteiger partial charge is 0.382 e. The third kappa shape index (κ3) is 5.11. The van der Waals surface area contributed by atoms with Gasteiger partial charge in [0.2, 0.25) is 0 Å². The van der Waals surface area contributed by atoms with E-state index in [4.69, 9.17) is 56.9 Å². The molecule has 3 fully saturated rings. The Bertz CT molecular complexity index is 2070. The fourth-order valence-corrected chi connectivity index (χ4v) is 8.43. The average molecular weight is 720 g/mol. The van der Waals surface area contributed by atoms with Crippen molar-refractivity contribution < 1.29 is 46.1 Å². The van der Waals surface area contributed by atoms with Crippen molar-refractivity contribution >= 4 is 70.8 Å². The standard InChI is InChI=1S/C21H21F2N11O8P2S2/c22-10-14-8(39-20(10)32-5-28-12-16(24)25-3-26-17(12)32)1-37-44(36,46)42-15-9(2-38-43(35,45)41-14)40-21(11(15)23)33-6-29-13-18(33)30-7-34-19(13)27-4-31-34/h3-11,14-15,20-21H,1-2H2,(H,35,45)(H,36,46)(H2,24,25,26)/t8-,9-,10-,11-,14-,15-,20-,21-,43?,44?/m1/s1. The van der Waals surface area contributed by atoms with E-state index in [2.05, 4.69) is 35.0 Å². The lowest BCUT2D eigenvalue weighted by Gasteiger charge is -2.29. The van der Waals surface area contributed by atoms with Gasteiger partial charge in [-0.25, -0.2) is 43.2 Å². The van der Waals surface area contributed by atoms with E-state index in [0.717, 1.165) is 0 Å². The van der Waals surface area contributed by atoms with Crippen LogP contribution in [0.4, 0.5) is 14.6 Å². The zero-order valence-electron chi connectivity index (χ0n) is 22.8. The van der Waals surface area contributed by atoms with E-state index in [1.54, 1.807) is 0 Å². The zero-order valence-corrected chi connectivity index (χ0v) is 26.2. The highest BCUT2D eigenvalue weighted by Gasteiger charge is 2.53. The van der Waals surface area contributed by atoms with Gasteiger partial charge in [0.25, 0.3) is 0 Å². The number of imidazole rings is 2. The Morgan fingerprint density at radius 1 is 0.739 bits per heavy atom. The highest BCUT2D eigenvalue weighted by molar-refractivity contribution is 8.07. The normalized spacial score (nSPS) is 37.3. The molecular weight excluding hydrogens is 698 g/mol. The first-order chi connectivity index (χ1) is 22.0. The molecule has 5 aromatic rings. The lowest BCUT2D eigenvalue weighted by Crippen LogP contribution is -2.37. The lowest BCUT2D eigenvalue weighted by molar-refractivity contribution is -0.0583. The van der Waals surface area contributed by atoms with Crippen LogP contribution >= 0.6 is 13.4 Å². The molecule has 0 spiro atoms. The molecule has 3 aliphatic heterocycles. The maximum atomic E-state index is 16.1. The van der Waals surface area contributed by atoms with Gasteiger partial charge in [0.05, 0.1) is 25.9 Å². The van der Waals surface area contributed by atoms with Gasteiger partial charge in [0, 0.05) is 0 Å². The van der Waals surface area contributed by atoms with Crippen molar-refractivity contribution in [3.8, 4) is 0 Å². The van der Waals surface area contributed by atoms with E-state index in [0.29, 0.717) is 11.2 Å². The second-order valence-corrected chi connectivity index (χ2v) is 15.9. The van der Waals surface area contributed by atoms with E-state index in [9.17, 15) is 9.79 Å². The molecule has 244 valence electrons. The predicted molar refractivity (Wildman–Crippen MR) is 156 cm³/mol. The molecule has 0 aliphatic carbocycles. The van der Waals surface area contributed by atoms with Gasteiger partial charge in [-0.05, 0) is 23.6 Å². The first kappa shape index (κ1) is 30.5. The molecule has 4 N–H and O–H groups in total. The molecule has 8 heterocycles. The lowest BCUT2D eigenvalue weighted by atomic mass is 10.1. The van der Waals surface area contributed by atoms with Gasteiger partial charge < -0.3 is 34.0 Å². The molecule has 0 saturated carbocycles. The number of fused-ring (bicyclic) bond motifs is 6. The fraction of sp³-hybridized carbons (Fsp3) is 0.476. The minimum atomic E-state index is -4.25. The summed E-state index contributed by atoms with van der Waals surface area (Å²) < 4.78 is 70.2. The van der Waals surface area contributed by atoms with Crippen molar-refractivity contribution in [2.24, 2.45) is 0 Å². The van der Waals surface area contributed by atoms with Crippen LogP contribution in [0.1, 0.15) is 12.5 Å². The second kappa shape index (κ2) is 11.1. The Hall–Kier alpha value is -2.79. The first-order valence-corrected chi connectivity index (χ1v) is 18.5. The molecule has 0 aromatic carbocycles. The number of halogens is 2. The topological polar surface area (TPSA) is 226 Å². The molecule has 0 bridgehead atoms. The number of rotatable bonds is 2. The number of nitrogens with two attached hydrogens (primary N) is 1. The van der Waals surface area contributed by atoms with Crippen LogP contribution in [0.2, 0.25) is 0 Å². The van der Waals surface area contributed by atoms with E-state index < -0.39 is 75.9 Å². The SMILES string of the molecule is Nc1ncnc2c1ncn2[C@@H]1O[C@@H]2COP(O)(=S)O[C@H]3[C@@H](F)[C@H](n4cnc5c4ncn4ncnc54)O[C@@H]3COP(O)(=S)O[C@H]2[C@H]1F. The molecule has 8 rings (SSSR count). The Morgan fingerprint density at radius 3 is 1.89 bits per heavy atom. The molecular formula is C21H21F2N11O8P2S2. The number of anilines is 1. The summed E-state index contributed by atoms with van der Waals surface area (Å²) in [5.74, 6) is 0.0619. The van der Waals surface area contributed by atoms with Gasteiger partial charge in [0.1, 0.15) is 48.9 Å². The number of alkyl halides is 2. The number of nitrogens with zero attached hydrogens (tertiary/aromatic N) is 10. The minimum absolute atomic E-state index is 0.0619. The van der Waals surface area contributed by atoms with Crippen LogP contribution in [0.15, 0.2) is 31.6 Å². The maximum Gasteiger partial charge on any atom is 0.325 e. The van der Waals surface area contributed by atoms with Crippen molar-refractivity contribution in [2.45, 2.75) is 49.2 Å². The van der Waals surface area contributed by atoms with Crippen molar-refractivity contribution in [1.82, 2.24) is 48.7 Å². The number of nitrogen functional groups attached to an aromatic ring is 1. The second-order valence-electron chi connectivity index (χ2n) is 10.4. The summed E-state index contributed by atoms with van der Waals surface area (Å²) in [6, 6.07) is 0. The molecule has 10 atom stereocenters. The molecule has 5 aromatic heterocycles. The van der Waals surface area contributed by atoms with E-state index in [1.807, 2.05) is 0 Å². The summed E-state index contributed by atoms with van der Waals surface area (Å²) in [4.78, 5) is 46.7. The van der Waals surface area contributed by atoms with Gasteiger partial charge in [-0.3, -0.25) is 18.2 Å². The predicted octanol–water partition coefficient (Wildman–Crippen LogP) is 0.618. The summed E-state index contributed by atoms with van der Waals surface area (Å²) >= 11 is 10.4. The molecule has 3 saturated heterocycles. The number of hydrogen-bond donors (Lipinski definition) is 3. The van der Waals surface area contributed by atoms with Gasteiger partial charge in [-0.15, -0.1) is 0 Å².